The number of fused-ring (bicyclic) bond motifs is 2. The molecule has 2 fully saturated rings. The van der Waals surface area contributed by atoms with Gasteiger partial charge >= 0.3 is 0 Å². The van der Waals surface area contributed by atoms with Crippen molar-refractivity contribution in [3.63, 3.8) is 0 Å². The van der Waals surface area contributed by atoms with Crippen LogP contribution in [0.15, 0.2) is 48.5 Å². The van der Waals surface area contributed by atoms with Crippen molar-refractivity contribution in [2.24, 2.45) is 0 Å². The standard InChI is InChI=1S/C40H44N6O8/c1-23(2)28-18-29(33(48)19-32(28)47)38(52)45-21-25-9-8-24(17-26(25)22-45)20-44-15-13-43(14-16-44)12-4-7-34(49)41-30-6-3-5-27-36(30)40(54)46(39(27)53)31-10-11-35(50)42-37(31)51/h3,5-6,8-9,17-19,23,31,47-48H,4,7,10-16,20-22H2,1-2H3,(H,41,49)(H,42,50,51). The third kappa shape index (κ3) is 7.31. The van der Waals surface area contributed by atoms with Gasteiger partial charge in [0.15, 0.2) is 0 Å². The van der Waals surface area contributed by atoms with Crippen molar-refractivity contribution in [2.75, 3.05) is 38.0 Å². The van der Waals surface area contributed by atoms with Gasteiger partial charge in [-0.15, -0.1) is 0 Å². The van der Waals surface area contributed by atoms with Crippen molar-refractivity contribution in [3.8, 4) is 11.5 Å². The molecule has 6 amide bonds. The Kier molecular flexibility index (Phi) is 10.2. The topological polar surface area (TPSA) is 180 Å². The maximum atomic E-state index is 13.4. The summed E-state index contributed by atoms with van der Waals surface area (Å²) < 4.78 is 0. The minimum Gasteiger partial charge on any atom is -0.508 e. The SMILES string of the molecule is CC(C)c1cc(C(=O)N2Cc3ccc(CN4CCN(CCCC(=O)Nc5cccc6c5C(=O)N(C5CCC(=O)NC5=O)C6=O)CC4)cc3C2)c(O)cc1O. The first kappa shape index (κ1) is 36.7. The van der Waals surface area contributed by atoms with E-state index in [9.17, 15) is 39.0 Å². The lowest BCUT2D eigenvalue weighted by atomic mass is 9.98. The van der Waals surface area contributed by atoms with Gasteiger partial charge in [0.25, 0.3) is 17.7 Å². The number of nitrogens with zero attached hydrogens (tertiary/aromatic N) is 4. The Morgan fingerprint density at radius 1 is 0.889 bits per heavy atom. The highest BCUT2D eigenvalue weighted by Gasteiger charge is 2.45. The van der Waals surface area contributed by atoms with Gasteiger partial charge in [-0.3, -0.25) is 43.9 Å². The van der Waals surface area contributed by atoms with Gasteiger partial charge in [0.2, 0.25) is 17.7 Å². The number of hydrogen-bond donors (Lipinski definition) is 4. The lowest BCUT2D eigenvalue weighted by molar-refractivity contribution is -0.136. The van der Waals surface area contributed by atoms with Crippen LogP contribution in [-0.4, -0.2) is 104 Å². The van der Waals surface area contributed by atoms with Crippen LogP contribution in [-0.2, 0) is 34.0 Å². The summed E-state index contributed by atoms with van der Waals surface area (Å²) in [6.45, 7) is 9.68. The molecule has 3 aromatic rings. The minimum absolute atomic E-state index is 0.00155. The first-order chi connectivity index (χ1) is 25.9. The van der Waals surface area contributed by atoms with Crippen LogP contribution in [0.5, 0.6) is 11.5 Å². The summed E-state index contributed by atoms with van der Waals surface area (Å²) in [4.78, 5) is 84.1. The highest BCUT2D eigenvalue weighted by molar-refractivity contribution is 6.26. The highest BCUT2D eigenvalue weighted by atomic mass is 16.3. The Morgan fingerprint density at radius 2 is 1.63 bits per heavy atom. The van der Waals surface area contributed by atoms with Gasteiger partial charge in [0, 0.05) is 64.7 Å². The lowest BCUT2D eigenvalue weighted by Gasteiger charge is -2.34. The van der Waals surface area contributed by atoms with Crippen LogP contribution < -0.4 is 10.6 Å². The van der Waals surface area contributed by atoms with Gasteiger partial charge in [-0.25, -0.2) is 0 Å². The normalized spacial score (nSPS) is 19.0. The van der Waals surface area contributed by atoms with Crippen molar-refractivity contribution in [3.05, 3.63) is 87.5 Å². The van der Waals surface area contributed by atoms with Gasteiger partial charge in [-0.2, -0.15) is 0 Å². The number of carbonyl (C=O) groups excluding carboxylic acids is 6. The number of piperidine rings is 1. The predicted octanol–water partition coefficient (Wildman–Crippen LogP) is 3.31. The summed E-state index contributed by atoms with van der Waals surface area (Å²) in [6, 6.07) is 12.7. The van der Waals surface area contributed by atoms with E-state index in [1.807, 2.05) is 13.8 Å². The maximum Gasteiger partial charge on any atom is 0.264 e. The smallest absolute Gasteiger partial charge is 0.264 e. The zero-order chi connectivity index (χ0) is 38.3. The van der Waals surface area contributed by atoms with Crippen molar-refractivity contribution < 1.29 is 39.0 Å². The molecule has 3 aromatic carbocycles. The van der Waals surface area contributed by atoms with E-state index in [-0.39, 0.29) is 70.9 Å². The molecule has 4 heterocycles. The van der Waals surface area contributed by atoms with E-state index in [0.717, 1.165) is 60.9 Å². The molecule has 0 aliphatic carbocycles. The summed E-state index contributed by atoms with van der Waals surface area (Å²) in [5.74, 6) is -3.22. The number of phenolic OH excluding ortho intramolecular Hbond substituents is 2. The number of amides is 6. The average Bonchev–Trinajstić information content (AvgIpc) is 3.67. The van der Waals surface area contributed by atoms with E-state index in [1.165, 1.54) is 12.1 Å². The van der Waals surface area contributed by atoms with E-state index in [0.29, 0.717) is 25.1 Å². The molecular weight excluding hydrogens is 692 g/mol. The van der Waals surface area contributed by atoms with Crippen molar-refractivity contribution in [2.45, 2.75) is 71.1 Å². The molecular formula is C40H44N6O8. The van der Waals surface area contributed by atoms with Crippen LogP contribution in [0.2, 0.25) is 0 Å². The Balaban J connectivity index is 0.863. The maximum absolute atomic E-state index is 13.4. The minimum atomic E-state index is -1.08. The van der Waals surface area contributed by atoms with Crippen molar-refractivity contribution in [1.29, 1.82) is 0 Å². The van der Waals surface area contributed by atoms with Crippen molar-refractivity contribution >= 4 is 41.1 Å². The largest absolute Gasteiger partial charge is 0.508 e. The molecule has 7 rings (SSSR count). The van der Waals surface area contributed by atoms with E-state index < -0.39 is 29.7 Å². The van der Waals surface area contributed by atoms with Crippen LogP contribution in [0.4, 0.5) is 5.69 Å². The highest BCUT2D eigenvalue weighted by Crippen LogP contribution is 2.35. The molecule has 2 saturated heterocycles. The van der Waals surface area contributed by atoms with Gasteiger partial charge in [0.1, 0.15) is 17.5 Å². The first-order valence-electron chi connectivity index (χ1n) is 18.4. The van der Waals surface area contributed by atoms with Gasteiger partial charge in [-0.05, 0) is 65.8 Å². The molecule has 0 saturated carbocycles. The number of benzene rings is 3. The molecule has 4 N–H and O–H groups in total. The summed E-state index contributed by atoms with van der Waals surface area (Å²) in [6.07, 6.45) is 0.913. The summed E-state index contributed by atoms with van der Waals surface area (Å²) in [7, 11) is 0. The van der Waals surface area contributed by atoms with E-state index in [1.54, 1.807) is 23.1 Å². The molecule has 0 bridgehead atoms. The molecule has 4 aliphatic rings. The molecule has 4 aliphatic heterocycles. The first-order valence-corrected chi connectivity index (χ1v) is 18.4. The molecule has 1 unspecified atom stereocenters. The number of aromatic hydroxyl groups is 2. The van der Waals surface area contributed by atoms with E-state index >= 15 is 0 Å². The number of imide groups is 2. The summed E-state index contributed by atoms with van der Waals surface area (Å²) in [5.41, 5.74) is 4.53. The third-order valence-corrected chi connectivity index (χ3v) is 10.8. The van der Waals surface area contributed by atoms with E-state index in [4.69, 9.17) is 0 Å². The molecule has 0 radical (unpaired) electrons. The fourth-order valence-corrected chi connectivity index (χ4v) is 7.81. The van der Waals surface area contributed by atoms with Crippen LogP contribution in [0.3, 0.4) is 0 Å². The number of carbonyl (C=O) groups is 6. The number of hydrogen-bond acceptors (Lipinski definition) is 10. The Hall–Kier alpha value is -5.60. The molecule has 14 heteroatoms. The third-order valence-electron chi connectivity index (χ3n) is 10.8. The molecule has 282 valence electrons. The van der Waals surface area contributed by atoms with E-state index in [2.05, 4.69) is 38.6 Å². The zero-order valence-corrected chi connectivity index (χ0v) is 30.4. The Labute approximate surface area is 312 Å². The van der Waals surface area contributed by atoms with Gasteiger partial charge < -0.3 is 25.3 Å². The van der Waals surface area contributed by atoms with Crippen molar-refractivity contribution in [1.82, 2.24) is 24.9 Å². The second-order valence-electron chi connectivity index (χ2n) is 14.8. The van der Waals surface area contributed by atoms with Gasteiger partial charge in [-0.1, -0.05) is 38.1 Å². The molecule has 54 heavy (non-hydrogen) atoms. The number of rotatable bonds is 10. The lowest BCUT2D eigenvalue weighted by Crippen LogP contribution is -2.54. The average molecular weight is 737 g/mol. The van der Waals surface area contributed by atoms with Crippen LogP contribution >= 0.6 is 0 Å². The summed E-state index contributed by atoms with van der Waals surface area (Å²) >= 11 is 0. The van der Waals surface area contributed by atoms with Crippen LogP contribution in [0.25, 0.3) is 0 Å². The number of piperazine rings is 1. The monoisotopic (exact) mass is 736 g/mol. The fraction of sp³-hybridized carbons (Fsp3) is 0.400. The quantitative estimate of drug-likeness (QED) is 0.226. The Bertz CT molecular complexity index is 2060. The molecule has 0 aromatic heterocycles. The second-order valence-corrected chi connectivity index (χ2v) is 14.8. The number of anilines is 1. The van der Waals surface area contributed by atoms with Crippen LogP contribution in [0.1, 0.15) is 98.8 Å². The predicted molar refractivity (Wildman–Crippen MR) is 197 cm³/mol. The number of phenols is 2. The van der Waals surface area contributed by atoms with Gasteiger partial charge in [0.05, 0.1) is 22.4 Å². The second kappa shape index (κ2) is 15.0. The fourth-order valence-electron chi connectivity index (χ4n) is 7.81. The molecule has 1 atom stereocenters. The van der Waals surface area contributed by atoms with Crippen LogP contribution in [0, 0.1) is 0 Å². The molecule has 0 spiro atoms. The Morgan fingerprint density at radius 3 is 2.37 bits per heavy atom. The zero-order valence-electron chi connectivity index (χ0n) is 30.4. The summed E-state index contributed by atoms with van der Waals surface area (Å²) in [5, 5.41) is 25.6. The molecule has 14 nitrogen and oxygen atoms in total. The number of nitrogens with one attached hydrogen (secondary N) is 2.